The molecule has 0 aromatic heterocycles. The minimum Gasteiger partial charge on any atom is -0.337 e. The molecule has 1 saturated carbocycles. The molecule has 2 amide bonds. The van der Waals surface area contributed by atoms with Crippen molar-refractivity contribution in [3.05, 3.63) is 0 Å². The molecular formula is C10H14N2O3. The number of hydrogen-bond acceptors (Lipinski definition) is 3. The molecule has 0 spiro atoms. The highest BCUT2D eigenvalue weighted by Crippen LogP contribution is 2.28. The molecule has 1 heterocycles. The number of rotatable bonds is 3. The minimum atomic E-state index is -0.227. The third kappa shape index (κ3) is 2.16. The Morgan fingerprint density at radius 2 is 1.93 bits per heavy atom. The van der Waals surface area contributed by atoms with Crippen molar-refractivity contribution in [1.82, 2.24) is 9.80 Å². The van der Waals surface area contributed by atoms with Crippen LogP contribution in [0.15, 0.2) is 0 Å². The van der Waals surface area contributed by atoms with Crippen LogP contribution in [0.4, 0.5) is 0 Å². The third-order valence-corrected chi connectivity index (χ3v) is 2.87. The Bertz CT molecular complexity index is 299. The highest BCUT2D eigenvalue weighted by atomic mass is 16.2. The fourth-order valence-electron chi connectivity index (χ4n) is 1.88. The summed E-state index contributed by atoms with van der Waals surface area (Å²) in [6, 6.07) is 0.349. The van der Waals surface area contributed by atoms with Crippen molar-refractivity contribution in [2.24, 2.45) is 0 Å². The van der Waals surface area contributed by atoms with Gasteiger partial charge >= 0.3 is 0 Å². The van der Waals surface area contributed by atoms with Crippen LogP contribution in [0.3, 0.4) is 0 Å². The lowest BCUT2D eigenvalue weighted by Crippen LogP contribution is -2.35. The van der Waals surface area contributed by atoms with Gasteiger partial charge in [0, 0.05) is 19.1 Å². The first-order chi connectivity index (χ1) is 7.22. The van der Waals surface area contributed by atoms with Crippen LogP contribution in [0, 0.1) is 0 Å². The van der Waals surface area contributed by atoms with Crippen LogP contribution in [-0.4, -0.2) is 53.6 Å². The summed E-state index contributed by atoms with van der Waals surface area (Å²) in [6.07, 6.45) is 2.72. The van der Waals surface area contributed by atoms with E-state index in [9.17, 15) is 14.4 Å². The second-order valence-electron chi connectivity index (χ2n) is 4.00. The van der Waals surface area contributed by atoms with Crippen LogP contribution >= 0.6 is 0 Å². The second kappa shape index (κ2) is 4.00. The van der Waals surface area contributed by atoms with Gasteiger partial charge in [0.15, 0.2) is 0 Å². The van der Waals surface area contributed by atoms with Gasteiger partial charge in [-0.3, -0.25) is 9.59 Å². The van der Waals surface area contributed by atoms with E-state index < -0.39 is 0 Å². The maximum absolute atomic E-state index is 11.6. The number of hydrogen-bond donors (Lipinski definition) is 0. The molecule has 1 aliphatic carbocycles. The van der Waals surface area contributed by atoms with Crippen molar-refractivity contribution in [1.29, 1.82) is 0 Å². The first-order valence-corrected chi connectivity index (χ1v) is 5.23. The Hall–Kier alpha value is -1.39. The summed E-state index contributed by atoms with van der Waals surface area (Å²) in [7, 11) is 0. The van der Waals surface area contributed by atoms with Crippen molar-refractivity contribution in [3.8, 4) is 0 Å². The molecule has 15 heavy (non-hydrogen) atoms. The smallest absolute Gasteiger partial charge is 0.232 e. The molecular weight excluding hydrogens is 196 g/mol. The number of carbonyl (C=O) groups is 3. The molecule has 0 aromatic rings. The maximum atomic E-state index is 11.6. The molecule has 2 aliphatic rings. The Morgan fingerprint density at radius 1 is 1.20 bits per heavy atom. The van der Waals surface area contributed by atoms with Crippen LogP contribution < -0.4 is 0 Å². The minimum absolute atomic E-state index is 0.0790. The highest BCUT2D eigenvalue weighted by molar-refractivity contribution is 5.98. The lowest BCUT2D eigenvalue weighted by Gasteiger charge is -2.20. The molecule has 1 aliphatic heterocycles. The van der Waals surface area contributed by atoms with Gasteiger partial charge < -0.3 is 14.6 Å². The van der Waals surface area contributed by atoms with E-state index >= 15 is 0 Å². The van der Waals surface area contributed by atoms with E-state index in [1.54, 1.807) is 4.90 Å². The van der Waals surface area contributed by atoms with Crippen molar-refractivity contribution < 1.29 is 14.4 Å². The van der Waals surface area contributed by atoms with E-state index in [0.29, 0.717) is 25.4 Å². The predicted octanol–water partition coefficient (Wildman–Crippen LogP) is -0.591. The van der Waals surface area contributed by atoms with Crippen molar-refractivity contribution in [2.75, 3.05) is 19.6 Å². The van der Waals surface area contributed by atoms with Gasteiger partial charge in [-0.15, -0.1) is 0 Å². The van der Waals surface area contributed by atoms with Crippen LogP contribution in [0.5, 0.6) is 0 Å². The van der Waals surface area contributed by atoms with Crippen LogP contribution in [-0.2, 0) is 14.4 Å². The molecule has 0 aromatic carbocycles. The molecule has 0 unspecified atom stereocenters. The van der Waals surface area contributed by atoms with E-state index in [4.69, 9.17) is 0 Å². The van der Waals surface area contributed by atoms with Crippen molar-refractivity contribution in [3.63, 3.8) is 0 Å². The van der Waals surface area contributed by atoms with Gasteiger partial charge in [-0.25, -0.2) is 0 Å². The average molecular weight is 210 g/mol. The number of nitrogens with zero attached hydrogens (tertiary/aromatic N) is 2. The van der Waals surface area contributed by atoms with Gasteiger partial charge in [0.1, 0.15) is 12.7 Å². The molecule has 5 nitrogen and oxygen atoms in total. The van der Waals surface area contributed by atoms with Gasteiger partial charge in [0.2, 0.25) is 11.8 Å². The molecule has 0 N–H and O–H groups in total. The van der Waals surface area contributed by atoms with Crippen LogP contribution in [0.2, 0.25) is 0 Å². The van der Waals surface area contributed by atoms with E-state index in [0.717, 1.165) is 12.8 Å². The summed E-state index contributed by atoms with van der Waals surface area (Å²) in [5.41, 5.74) is 0. The van der Waals surface area contributed by atoms with Gasteiger partial charge in [0.05, 0.1) is 6.54 Å². The molecule has 82 valence electrons. The Balaban J connectivity index is 2.02. The molecule has 1 saturated heterocycles. The van der Waals surface area contributed by atoms with Gasteiger partial charge in [-0.1, -0.05) is 0 Å². The SMILES string of the molecule is O=CCN1CCN(C2CC2)C(=O)CC1=O. The molecule has 5 heteroatoms. The number of aldehydes is 1. The average Bonchev–Trinajstić information content (AvgIpc) is 2.99. The van der Waals surface area contributed by atoms with Gasteiger partial charge in [0.25, 0.3) is 0 Å². The second-order valence-corrected chi connectivity index (χ2v) is 4.00. The summed E-state index contributed by atoms with van der Waals surface area (Å²) < 4.78 is 0. The summed E-state index contributed by atoms with van der Waals surface area (Å²) in [5.74, 6) is -0.314. The van der Waals surface area contributed by atoms with Gasteiger partial charge in [-0.2, -0.15) is 0 Å². The number of carbonyl (C=O) groups excluding carboxylic acids is 3. The monoisotopic (exact) mass is 210 g/mol. The maximum Gasteiger partial charge on any atom is 0.232 e. The summed E-state index contributed by atoms with van der Waals surface area (Å²) >= 11 is 0. The summed E-state index contributed by atoms with van der Waals surface area (Å²) in [6.45, 7) is 1.16. The van der Waals surface area contributed by atoms with Crippen molar-refractivity contribution in [2.45, 2.75) is 25.3 Å². The van der Waals surface area contributed by atoms with Crippen LogP contribution in [0.1, 0.15) is 19.3 Å². The highest BCUT2D eigenvalue weighted by Gasteiger charge is 2.35. The Morgan fingerprint density at radius 3 is 2.53 bits per heavy atom. The first kappa shape index (κ1) is 10.1. The lowest BCUT2D eigenvalue weighted by molar-refractivity contribution is -0.138. The first-order valence-electron chi connectivity index (χ1n) is 5.23. The molecule has 0 bridgehead atoms. The van der Waals surface area contributed by atoms with Crippen molar-refractivity contribution >= 4 is 18.1 Å². The summed E-state index contributed by atoms with van der Waals surface area (Å²) in [5, 5.41) is 0. The standard InChI is InChI=1S/C10H14N2O3/c13-6-5-11-3-4-12(8-1-2-8)10(15)7-9(11)14/h6,8H,1-5,7H2. The van der Waals surface area contributed by atoms with E-state index in [2.05, 4.69) is 0 Å². The van der Waals surface area contributed by atoms with E-state index in [1.165, 1.54) is 4.90 Å². The lowest BCUT2D eigenvalue weighted by atomic mass is 10.3. The Kier molecular flexibility index (Phi) is 2.70. The predicted molar refractivity (Wildman–Crippen MR) is 52.0 cm³/mol. The fraction of sp³-hybridized carbons (Fsp3) is 0.700. The zero-order valence-electron chi connectivity index (χ0n) is 8.52. The normalized spacial score (nSPS) is 22.9. The largest absolute Gasteiger partial charge is 0.337 e. The van der Waals surface area contributed by atoms with E-state index in [-0.39, 0.29) is 24.8 Å². The molecule has 0 radical (unpaired) electrons. The zero-order chi connectivity index (χ0) is 10.8. The van der Waals surface area contributed by atoms with Gasteiger partial charge in [-0.05, 0) is 12.8 Å². The van der Waals surface area contributed by atoms with E-state index in [1.807, 2.05) is 0 Å². The molecule has 0 atom stereocenters. The summed E-state index contributed by atoms with van der Waals surface area (Å²) in [4.78, 5) is 36.7. The number of amides is 2. The topological polar surface area (TPSA) is 57.7 Å². The zero-order valence-corrected chi connectivity index (χ0v) is 8.52. The molecule has 2 rings (SSSR count). The Labute approximate surface area is 88.0 Å². The molecule has 2 fully saturated rings. The quantitative estimate of drug-likeness (QED) is 0.462. The third-order valence-electron chi connectivity index (χ3n) is 2.87. The van der Waals surface area contributed by atoms with Crippen LogP contribution in [0.25, 0.3) is 0 Å². The fourth-order valence-corrected chi connectivity index (χ4v) is 1.88.